The summed E-state index contributed by atoms with van der Waals surface area (Å²) in [6, 6.07) is 5.64. The van der Waals surface area contributed by atoms with E-state index in [1.165, 1.54) is 16.7 Å². The van der Waals surface area contributed by atoms with Gasteiger partial charge < -0.3 is 4.74 Å². The van der Waals surface area contributed by atoms with Crippen molar-refractivity contribution < 1.29 is 13.5 Å². The lowest BCUT2D eigenvalue weighted by Crippen LogP contribution is -2.23. The molecule has 0 amide bonds. The van der Waals surface area contributed by atoms with Crippen molar-refractivity contribution in [3.8, 4) is 11.1 Å². The molecule has 2 atom stereocenters. The maximum Gasteiger partial charge on any atom is 0.263 e. The summed E-state index contributed by atoms with van der Waals surface area (Å²) < 4.78 is 38.0. The predicted octanol–water partition coefficient (Wildman–Crippen LogP) is 4.75. The maximum atomic E-state index is 14.9. The molecular formula is C26H25F2N5O2. The van der Waals surface area contributed by atoms with Crippen LogP contribution in [-0.2, 0) is 11.8 Å². The van der Waals surface area contributed by atoms with Crippen LogP contribution in [0.3, 0.4) is 0 Å². The van der Waals surface area contributed by atoms with Crippen LogP contribution in [0.25, 0.3) is 22.2 Å². The van der Waals surface area contributed by atoms with E-state index >= 15 is 0 Å². The fourth-order valence-electron chi connectivity index (χ4n) is 4.87. The number of benzene rings is 1. The van der Waals surface area contributed by atoms with Crippen LogP contribution in [0.4, 0.5) is 8.78 Å². The van der Waals surface area contributed by atoms with E-state index in [1.54, 1.807) is 20.0 Å². The molecule has 0 N–H and O–H groups in total. The van der Waals surface area contributed by atoms with Crippen molar-refractivity contribution in [2.24, 2.45) is 7.05 Å². The second-order valence-electron chi connectivity index (χ2n) is 9.51. The van der Waals surface area contributed by atoms with Crippen LogP contribution in [0.1, 0.15) is 60.8 Å². The number of ether oxygens (including phenoxy) is 1. The van der Waals surface area contributed by atoms with Crippen LogP contribution in [0, 0.1) is 18.6 Å². The average molecular weight is 478 g/mol. The highest BCUT2D eigenvalue weighted by Crippen LogP contribution is 2.40. The van der Waals surface area contributed by atoms with Gasteiger partial charge in [0.05, 0.1) is 23.7 Å². The van der Waals surface area contributed by atoms with Gasteiger partial charge in [-0.2, -0.15) is 5.10 Å². The van der Waals surface area contributed by atoms with E-state index < -0.39 is 11.6 Å². The predicted molar refractivity (Wildman–Crippen MR) is 126 cm³/mol. The molecule has 4 aromatic rings. The largest absolute Gasteiger partial charge is 0.373 e. The molecule has 0 unspecified atom stereocenters. The Kier molecular flexibility index (Phi) is 5.25. The van der Waals surface area contributed by atoms with Crippen molar-refractivity contribution in [3.05, 3.63) is 75.7 Å². The van der Waals surface area contributed by atoms with Crippen LogP contribution in [0.15, 0.2) is 41.5 Å². The van der Waals surface area contributed by atoms with Crippen LogP contribution in [-0.4, -0.2) is 30.9 Å². The van der Waals surface area contributed by atoms with Gasteiger partial charge in [0.2, 0.25) is 0 Å². The smallest absolute Gasteiger partial charge is 0.263 e. The first-order valence-electron chi connectivity index (χ1n) is 11.9. The molecule has 6 rings (SSSR count). The Hall–Kier alpha value is -3.46. The van der Waals surface area contributed by atoms with Gasteiger partial charge in [-0.1, -0.05) is 0 Å². The Labute approximate surface area is 200 Å². The summed E-state index contributed by atoms with van der Waals surface area (Å²) in [5, 5.41) is 4.72. The molecule has 4 heterocycles. The third-order valence-corrected chi connectivity index (χ3v) is 7.13. The molecule has 0 spiro atoms. The first-order chi connectivity index (χ1) is 16.9. The van der Waals surface area contributed by atoms with Crippen molar-refractivity contribution >= 4 is 11.0 Å². The van der Waals surface area contributed by atoms with E-state index in [0.29, 0.717) is 30.5 Å². The number of aryl methyl sites for hydroxylation is 1. The number of aromatic nitrogens is 5. The third kappa shape index (κ3) is 3.93. The maximum absolute atomic E-state index is 14.9. The Bertz CT molecular complexity index is 1510. The molecule has 0 radical (unpaired) electrons. The van der Waals surface area contributed by atoms with E-state index in [2.05, 4.69) is 16.3 Å². The van der Waals surface area contributed by atoms with Gasteiger partial charge >= 0.3 is 0 Å². The highest BCUT2D eigenvalue weighted by molar-refractivity contribution is 5.92. The number of hydrogen-bond acceptors (Lipinski definition) is 5. The van der Waals surface area contributed by atoms with Gasteiger partial charge in [-0.3, -0.25) is 14.0 Å². The zero-order valence-corrected chi connectivity index (χ0v) is 19.5. The average Bonchev–Trinajstić information content (AvgIpc) is 3.58. The van der Waals surface area contributed by atoms with Crippen molar-refractivity contribution in [1.29, 1.82) is 0 Å². The molecule has 3 aromatic heterocycles. The molecule has 1 aromatic carbocycles. The van der Waals surface area contributed by atoms with E-state index in [9.17, 15) is 13.6 Å². The lowest BCUT2D eigenvalue weighted by molar-refractivity contribution is 0.00463. The fraction of sp³-hybridized carbons (Fsp3) is 0.385. The highest BCUT2D eigenvalue weighted by atomic mass is 19.1. The molecule has 1 aliphatic carbocycles. The summed E-state index contributed by atoms with van der Waals surface area (Å²) in [5.41, 5.74) is 2.24. The summed E-state index contributed by atoms with van der Waals surface area (Å²) in [5.74, 6) is -0.875. The van der Waals surface area contributed by atoms with Gasteiger partial charge in [-0.25, -0.2) is 18.7 Å². The van der Waals surface area contributed by atoms with E-state index in [4.69, 9.17) is 9.72 Å². The van der Waals surface area contributed by atoms with Gasteiger partial charge in [0.25, 0.3) is 5.56 Å². The van der Waals surface area contributed by atoms with Crippen molar-refractivity contribution in [3.63, 3.8) is 0 Å². The number of rotatable bonds is 4. The minimum absolute atomic E-state index is 0.0239. The molecule has 180 valence electrons. The Morgan fingerprint density at radius 2 is 1.91 bits per heavy atom. The Morgan fingerprint density at radius 1 is 1.09 bits per heavy atom. The first-order valence-corrected chi connectivity index (χ1v) is 11.9. The summed E-state index contributed by atoms with van der Waals surface area (Å²) in [6.45, 7) is 2.28. The van der Waals surface area contributed by atoms with Crippen molar-refractivity contribution in [2.45, 2.75) is 50.7 Å². The number of hydrogen-bond donors (Lipinski definition) is 0. The quantitative estimate of drug-likeness (QED) is 0.424. The minimum Gasteiger partial charge on any atom is -0.373 e. The normalized spacial score (nSPS) is 20.5. The molecule has 35 heavy (non-hydrogen) atoms. The van der Waals surface area contributed by atoms with E-state index in [-0.39, 0.29) is 34.2 Å². The van der Waals surface area contributed by atoms with Gasteiger partial charge in [0.15, 0.2) is 5.65 Å². The van der Waals surface area contributed by atoms with Gasteiger partial charge in [-0.05, 0) is 50.8 Å². The zero-order chi connectivity index (χ0) is 24.3. The molecule has 9 heteroatoms. The Balaban J connectivity index is 1.45. The molecule has 0 bridgehead atoms. The molecular weight excluding hydrogens is 452 g/mol. The highest BCUT2D eigenvalue weighted by Gasteiger charge is 2.30. The van der Waals surface area contributed by atoms with Crippen molar-refractivity contribution in [2.75, 3.05) is 6.61 Å². The SMILES string of the molecule is Cc1nc2nc([C@@H]3CCO[C@@H](c4cnn(C5CC5)c4)C3)cc(-c3ccc(F)cc3F)c2c(=O)n1C. The van der Waals surface area contributed by atoms with Crippen LogP contribution < -0.4 is 5.56 Å². The molecule has 1 aliphatic heterocycles. The summed E-state index contributed by atoms with van der Waals surface area (Å²) in [6.07, 6.45) is 7.54. The second-order valence-corrected chi connectivity index (χ2v) is 9.51. The number of nitrogens with zero attached hydrogens (tertiary/aromatic N) is 5. The lowest BCUT2D eigenvalue weighted by Gasteiger charge is -2.29. The van der Waals surface area contributed by atoms with Gasteiger partial charge in [0.1, 0.15) is 17.5 Å². The van der Waals surface area contributed by atoms with E-state index in [0.717, 1.165) is 36.6 Å². The topological polar surface area (TPSA) is 74.8 Å². The Morgan fingerprint density at radius 3 is 2.69 bits per heavy atom. The number of pyridine rings is 1. The third-order valence-electron chi connectivity index (χ3n) is 7.13. The molecule has 2 fully saturated rings. The van der Waals surface area contributed by atoms with Gasteiger partial charge in [0, 0.05) is 54.2 Å². The summed E-state index contributed by atoms with van der Waals surface area (Å²) in [4.78, 5) is 22.5. The molecule has 7 nitrogen and oxygen atoms in total. The van der Waals surface area contributed by atoms with E-state index in [1.807, 2.05) is 10.9 Å². The summed E-state index contributed by atoms with van der Waals surface area (Å²) >= 11 is 0. The monoisotopic (exact) mass is 477 g/mol. The summed E-state index contributed by atoms with van der Waals surface area (Å²) in [7, 11) is 1.62. The molecule has 1 saturated heterocycles. The number of fused-ring (bicyclic) bond motifs is 1. The van der Waals surface area contributed by atoms with Crippen LogP contribution in [0.5, 0.6) is 0 Å². The van der Waals surface area contributed by atoms with Crippen molar-refractivity contribution in [1.82, 2.24) is 24.3 Å². The first kappa shape index (κ1) is 22.0. The van der Waals surface area contributed by atoms with Crippen LogP contribution in [0.2, 0.25) is 0 Å². The standard InChI is InChI=1S/C26H25F2N5O2/c1-14-30-25-24(26(34)32(14)2)20(19-6-3-17(27)10-21(19)28)11-22(31-25)15-7-8-35-23(9-15)16-12-29-33(13-16)18-4-5-18/h3,6,10-13,15,18,23H,4-5,7-9H2,1-2H3/t15-,23-/m1/s1. The van der Waals surface area contributed by atoms with Crippen LogP contribution >= 0.6 is 0 Å². The second kappa shape index (κ2) is 8.34. The lowest BCUT2D eigenvalue weighted by atomic mass is 9.88. The molecule has 2 aliphatic rings. The van der Waals surface area contributed by atoms with Gasteiger partial charge in [-0.15, -0.1) is 0 Å². The molecule has 1 saturated carbocycles. The number of halogens is 2. The fourth-order valence-corrected chi connectivity index (χ4v) is 4.87. The minimum atomic E-state index is -0.733. The zero-order valence-electron chi connectivity index (χ0n) is 19.5.